The van der Waals surface area contributed by atoms with Crippen LogP contribution in [-0.2, 0) is 4.79 Å². The number of aromatic nitrogens is 1. The van der Waals surface area contributed by atoms with E-state index in [1.54, 1.807) is 0 Å². The molecule has 3 aromatic carbocycles. The smallest absolute Gasteiger partial charge is 0.262 e. The highest BCUT2D eigenvalue weighted by Crippen LogP contribution is 2.34. The number of hydrogen-bond acceptors (Lipinski definition) is 7. The van der Waals surface area contributed by atoms with E-state index in [0.29, 0.717) is 30.4 Å². The van der Waals surface area contributed by atoms with Crippen LogP contribution in [0.1, 0.15) is 23.6 Å². The van der Waals surface area contributed by atoms with Crippen LogP contribution in [-0.4, -0.2) is 36.1 Å². The summed E-state index contributed by atoms with van der Waals surface area (Å²) in [4.78, 5) is 17.6. The molecule has 0 fully saturated rings. The first-order valence-corrected chi connectivity index (χ1v) is 13.2. The lowest BCUT2D eigenvalue weighted by atomic mass is 10.1. The molecular weight excluding hydrogens is 500 g/mol. The molecule has 4 aromatic rings. The Labute approximate surface area is 223 Å². The first-order chi connectivity index (χ1) is 18.4. The molecule has 0 bridgehead atoms. The Morgan fingerprint density at radius 3 is 2.63 bits per heavy atom. The van der Waals surface area contributed by atoms with E-state index in [1.807, 2.05) is 60.3 Å². The van der Waals surface area contributed by atoms with Crippen molar-refractivity contribution in [3.05, 3.63) is 81.5 Å². The Balaban J connectivity index is 1.50. The van der Waals surface area contributed by atoms with E-state index in [1.165, 1.54) is 11.3 Å². The maximum atomic E-state index is 11.9. The number of fused-ring (bicyclic) bond motifs is 2. The van der Waals surface area contributed by atoms with Crippen LogP contribution in [0.4, 0.5) is 11.4 Å². The number of anilines is 1. The first-order valence-electron chi connectivity index (χ1n) is 12.3. The standard InChI is InChI=1S/C29H26N4O4S/c1-17-4-5-18(2)22(12-17)31-29-33(32-19(3)20-6-9-26-27(14-20)36-11-10-35-26)24(16-38-29)21-7-8-25-23(13-21)30-28(34)15-37-25/h4-9,12-14,16H,10-11,15H2,1-3H3,(H,30,34). The highest BCUT2D eigenvalue weighted by molar-refractivity contribution is 7.07. The molecule has 1 aromatic heterocycles. The molecule has 3 heterocycles. The van der Waals surface area contributed by atoms with Crippen LogP contribution in [0, 0.1) is 13.8 Å². The second-order valence-corrected chi connectivity index (χ2v) is 10.0. The SMILES string of the molecule is CC(=Nn1c(-c2ccc3c(c2)NC(=O)CO3)csc1=Nc1cc(C)ccc1C)c1ccc2c(c1)OCCO2. The van der Waals surface area contributed by atoms with Crippen molar-refractivity contribution in [3.63, 3.8) is 0 Å². The van der Waals surface area contributed by atoms with Crippen LogP contribution in [0.2, 0.25) is 0 Å². The third kappa shape index (κ3) is 4.68. The molecule has 192 valence electrons. The third-order valence-electron chi connectivity index (χ3n) is 6.38. The summed E-state index contributed by atoms with van der Waals surface area (Å²) in [7, 11) is 0. The fourth-order valence-corrected chi connectivity index (χ4v) is 5.18. The molecule has 6 rings (SSSR count). The van der Waals surface area contributed by atoms with Crippen LogP contribution >= 0.6 is 11.3 Å². The van der Waals surface area contributed by atoms with Gasteiger partial charge in [-0.1, -0.05) is 12.1 Å². The molecule has 0 saturated heterocycles. The van der Waals surface area contributed by atoms with Gasteiger partial charge in [-0.15, -0.1) is 11.3 Å². The van der Waals surface area contributed by atoms with Crippen molar-refractivity contribution in [2.45, 2.75) is 20.8 Å². The Morgan fingerprint density at radius 1 is 0.947 bits per heavy atom. The lowest BCUT2D eigenvalue weighted by molar-refractivity contribution is -0.118. The molecule has 2 aliphatic heterocycles. The van der Waals surface area contributed by atoms with Gasteiger partial charge in [-0.2, -0.15) is 5.10 Å². The molecule has 0 radical (unpaired) electrons. The number of nitrogens with one attached hydrogen (secondary N) is 1. The largest absolute Gasteiger partial charge is 0.486 e. The van der Waals surface area contributed by atoms with Crippen LogP contribution in [0.15, 0.2) is 70.1 Å². The number of benzene rings is 3. The van der Waals surface area contributed by atoms with E-state index in [0.717, 1.165) is 49.9 Å². The minimum Gasteiger partial charge on any atom is -0.486 e. The summed E-state index contributed by atoms with van der Waals surface area (Å²) in [6.07, 6.45) is 0. The second-order valence-electron chi connectivity index (χ2n) is 9.21. The van der Waals surface area contributed by atoms with Gasteiger partial charge in [0.2, 0.25) is 4.80 Å². The molecular formula is C29H26N4O4S. The predicted molar refractivity (Wildman–Crippen MR) is 148 cm³/mol. The van der Waals surface area contributed by atoms with Crippen molar-refractivity contribution in [1.82, 2.24) is 4.68 Å². The van der Waals surface area contributed by atoms with E-state index in [2.05, 4.69) is 30.4 Å². The highest BCUT2D eigenvalue weighted by atomic mass is 32.1. The second kappa shape index (κ2) is 9.83. The van der Waals surface area contributed by atoms with Gasteiger partial charge in [-0.3, -0.25) is 4.79 Å². The molecule has 9 heteroatoms. The van der Waals surface area contributed by atoms with Crippen LogP contribution in [0.3, 0.4) is 0 Å². The molecule has 1 amide bonds. The molecule has 1 N–H and O–H groups in total. The lowest BCUT2D eigenvalue weighted by Gasteiger charge is -2.19. The quantitative estimate of drug-likeness (QED) is 0.359. The number of thiazole rings is 1. The van der Waals surface area contributed by atoms with Gasteiger partial charge < -0.3 is 19.5 Å². The average molecular weight is 527 g/mol. The van der Waals surface area contributed by atoms with Crippen molar-refractivity contribution in [1.29, 1.82) is 0 Å². The van der Waals surface area contributed by atoms with E-state index >= 15 is 0 Å². The highest BCUT2D eigenvalue weighted by Gasteiger charge is 2.19. The Morgan fingerprint density at radius 2 is 1.76 bits per heavy atom. The molecule has 2 aliphatic rings. The fourth-order valence-electron chi connectivity index (χ4n) is 4.33. The van der Waals surface area contributed by atoms with E-state index in [-0.39, 0.29) is 12.5 Å². The summed E-state index contributed by atoms with van der Waals surface area (Å²) in [6.45, 7) is 7.15. The van der Waals surface area contributed by atoms with Crippen LogP contribution < -0.4 is 24.3 Å². The summed E-state index contributed by atoms with van der Waals surface area (Å²) in [6, 6.07) is 17.8. The maximum absolute atomic E-state index is 11.9. The fraction of sp³-hybridized carbons (Fsp3) is 0.207. The van der Waals surface area contributed by atoms with E-state index in [9.17, 15) is 4.79 Å². The minimum atomic E-state index is -0.175. The van der Waals surface area contributed by atoms with Gasteiger partial charge in [0.1, 0.15) is 19.0 Å². The van der Waals surface area contributed by atoms with Gasteiger partial charge in [0.15, 0.2) is 18.1 Å². The first kappa shape index (κ1) is 24.0. The number of amides is 1. The Hall–Kier alpha value is -4.37. The molecule has 0 unspecified atom stereocenters. The Kier molecular flexibility index (Phi) is 6.21. The molecule has 8 nitrogen and oxygen atoms in total. The van der Waals surface area contributed by atoms with Gasteiger partial charge in [-0.25, -0.2) is 9.67 Å². The summed E-state index contributed by atoms with van der Waals surface area (Å²) >= 11 is 1.50. The number of carbonyl (C=O) groups excluding carboxylic acids is 1. The van der Waals surface area contributed by atoms with Crippen molar-refractivity contribution in [2.24, 2.45) is 10.1 Å². The topological polar surface area (TPSA) is 86.4 Å². The predicted octanol–water partition coefficient (Wildman–Crippen LogP) is 5.44. The number of ether oxygens (including phenoxy) is 3. The van der Waals surface area contributed by atoms with Crippen molar-refractivity contribution >= 4 is 34.3 Å². The monoisotopic (exact) mass is 526 g/mol. The van der Waals surface area contributed by atoms with Gasteiger partial charge in [0, 0.05) is 16.5 Å². The van der Waals surface area contributed by atoms with Crippen molar-refractivity contribution < 1.29 is 19.0 Å². The van der Waals surface area contributed by atoms with Crippen LogP contribution in [0.5, 0.6) is 17.2 Å². The summed E-state index contributed by atoms with van der Waals surface area (Å²) in [5, 5.41) is 9.94. The molecule has 38 heavy (non-hydrogen) atoms. The normalized spacial score (nSPS) is 15.1. The molecule has 0 atom stereocenters. The summed E-state index contributed by atoms with van der Waals surface area (Å²) in [5.74, 6) is 1.92. The van der Waals surface area contributed by atoms with E-state index < -0.39 is 0 Å². The zero-order valence-electron chi connectivity index (χ0n) is 21.3. The number of hydrogen-bond donors (Lipinski definition) is 1. The zero-order valence-corrected chi connectivity index (χ0v) is 22.1. The van der Waals surface area contributed by atoms with Crippen molar-refractivity contribution in [3.8, 4) is 28.5 Å². The third-order valence-corrected chi connectivity index (χ3v) is 7.20. The average Bonchev–Trinajstić information content (AvgIpc) is 3.31. The molecule has 0 saturated carbocycles. The zero-order chi connectivity index (χ0) is 26.2. The van der Waals surface area contributed by atoms with Gasteiger partial charge in [0.25, 0.3) is 5.91 Å². The summed E-state index contributed by atoms with van der Waals surface area (Å²) in [5.41, 5.74) is 7.19. The van der Waals surface area contributed by atoms with Crippen molar-refractivity contribution in [2.75, 3.05) is 25.1 Å². The van der Waals surface area contributed by atoms with Gasteiger partial charge >= 0.3 is 0 Å². The lowest BCUT2D eigenvalue weighted by Crippen LogP contribution is -2.25. The van der Waals surface area contributed by atoms with Crippen LogP contribution in [0.25, 0.3) is 11.3 Å². The Bertz CT molecular complexity index is 1670. The summed E-state index contributed by atoms with van der Waals surface area (Å²) < 4.78 is 18.9. The number of carbonyl (C=O) groups is 1. The van der Waals surface area contributed by atoms with Gasteiger partial charge in [-0.05, 0) is 74.4 Å². The van der Waals surface area contributed by atoms with Gasteiger partial charge in [0.05, 0.1) is 22.8 Å². The number of aryl methyl sites for hydroxylation is 2. The molecule has 0 aliphatic carbocycles. The maximum Gasteiger partial charge on any atom is 0.262 e. The minimum absolute atomic E-state index is 0.0166. The number of nitrogens with zero attached hydrogens (tertiary/aromatic N) is 3. The molecule has 0 spiro atoms. The van der Waals surface area contributed by atoms with E-state index in [4.69, 9.17) is 24.3 Å². The number of rotatable bonds is 4.